The molecule has 4 heteroatoms. The van der Waals surface area contributed by atoms with E-state index >= 15 is 0 Å². The first-order chi connectivity index (χ1) is 8.00. The molecule has 0 radical (unpaired) electrons. The first-order valence-corrected chi connectivity index (χ1v) is 8.40. The summed E-state index contributed by atoms with van der Waals surface area (Å²) in [6, 6.07) is 0. The van der Waals surface area contributed by atoms with Gasteiger partial charge in [-0.15, -0.1) is 24.8 Å². The van der Waals surface area contributed by atoms with Crippen LogP contribution in [0.4, 0.5) is 0 Å². The Morgan fingerprint density at radius 3 is 2.05 bits per heavy atom. The smallest absolute Gasteiger partial charge is 0.147 e. The van der Waals surface area contributed by atoms with Crippen LogP contribution in [0.25, 0.3) is 0 Å². The van der Waals surface area contributed by atoms with Gasteiger partial charge < -0.3 is 0 Å². The molecule has 0 amide bonds. The van der Waals surface area contributed by atoms with E-state index in [0.717, 1.165) is 0 Å². The van der Waals surface area contributed by atoms with Crippen LogP contribution in [0.15, 0.2) is 20.6 Å². The Kier molecular flexibility index (Phi) is 7.96. The van der Waals surface area contributed by atoms with Crippen molar-refractivity contribution < 1.29 is 19.4 Å². The van der Waals surface area contributed by atoms with Crippen LogP contribution in [0, 0.1) is 5.41 Å². The van der Waals surface area contributed by atoms with Gasteiger partial charge in [0.15, 0.2) is 0 Å². The summed E-state index contributed by atoms with van der Waals surface area (Å²) in [4.78, 5) is 0. The summed E-state index contributed by atoms with van der Waals surface area (Å²) in [6.45, 7) is 14.6. The minimum atomic E-state index is -0.0517. The molecule has 0 saturated carbocycles. The molecule has 0 bridgehead atoms. The molecule has 0 aromatic rings. The van der Waals surface area contributed by atoms with E-state index < -0.39 is 0 Å². The molecule has 2 aliphatic rings. The van der Waals surface area contributed by atoms with Crippen molar-refractivity contribution in [3.05, 3.63) is 20.6 Å². The summed E-state index contributed by atoms with van der Waals surface area (Å²) in [7, 11) is 0. The van der Waals surface area contributed by atoms with Crippen molar-refractivity contribution in [2.45, 2.75) is 53.9 Å². The van der Waals surface area contributed by atoms with Crippen molar-refractivity contribution in [3.8, 4) is 0 Å². The molecule has 0 aromatic carbocycles. The molecular weight excluding hydrogens is 313 g/mol. The zero-order valence-electron chi connectivity index (χ0n) is 12.8. The summed E-state index contributed by atoms with van der Waals surface area (Å²) in [5.41, 5.74) is 5.22. The number of hydrogen-bond donors (Lipinski definition) is 0. The quantitative estimate of drug-likeness (QED) is 0.656. The predicted molar refractivity (Wildman–Crippen MR) is 84.8 cm³/mol. The molecule has 1 nitrogen and oxygen atoms in total. The number of rotatable bonds is 3. The second-order valence-electron chi connectivity index (χ2n) is 5.74. The average molecular weight is 340 g/mol. The maximum Gasteiger partial charge on any atom is -0.147 e. The standard InChI is InChI=1S/C11H17.C4H8N.2ClH.Ti/c1-6-11(5)7-8(2)9(3)10(11)4;1-2-4-5-3-1;;;/h6H2,1-5H3;1-4H2;2*1H;/q;-1;;;+1. The molecule has 1 heterocycles. The summed E-state index contributed by atoms with van der Waals surface area (Å²) in [5, 5.41) is 0. The first-order valence-electron chi connectivity index (χ1n) is 6.92. The van der Waals surface area contributed by atoms with Crippen LogP contribution >= 0.6 is 24.8 Å². The molecule has 1 aliphatic heterocycles. The largest absolute Gasteiger partial charge is 0.147 e. The van der Waals surface area contributed by atoms with E-state index in [1.807, 2.05) is 3.88 Å². The number of hydrogen-bond acceptors (Lipinski definition) is 1. The van der Waals surface area contributed by atoms with Crippen molar-refractivity contribution in [2.75, 3.05) is 13.1 Å². The van der Waals surface area contributed by atoms with E-state index in [9.17, 15) is 0 Å². The molecule has 1 atom stereocenters. The minimum absolute atomic E-state index is 0. The van der Waals surface area contributed by atoms with E-state index in [-0.39, 0.29) is 44.2 Å². The van der Waals surface area contributed by atoms with Crippen LogP contribution < -0.4 is 0 Å². The minimum Gasteiger partial charge on any atom is -0.147 e. The normalized spacial score (nSPS) is 27.4. The fourth-order valence-corrected chi connectivity index (χ4v) is 5.97. The molecular formula is C15H27Cl2NTi. The van der Waals surface area contributed by atoms with Crippen LogP contribution in [0.2, 0.25) is 0 Å². The molecule has 0 aromatic heterocycles. The van der Waals surface area contributed by atoms with E-state index in [0.29, 0.717) is 5.41 Å². The maximum absolute atomic E-state index is 2.76. The Balaban J connectivity index is 0.00000162. The van der Waals surface area contributed by atoms with Gasteiger partial charge in [0, 0.05) is 0 Å². The van der Waals surface area contributed by atoms with Gasteiger partial charge in [-0.1, -0.05) is 0 Å². The van der Waals surface area contributed by atoms with Gasteiger partial charge in [0.2, 0.25) is 0 Å². The van der Waals surface area contributed by atoms with Gasteiger partial charge >= 0.3 is 116 Å². The van der Waals surface area contributed by atoms with Crippen LogP contribution in [0.1, 0.15) is 53.9 Å². The summed E-state index contributed by atoms with van der Waals surface area (Å²) in [5.74, 6) is 0. The van der Waals surface area contributed by atoms with Crippen molar-refractivity contribution in [2.24, 2.45) is 5.41 Å². The monoisotopic (exact) mass is 339 g/mol. The van der Waals surface area contributed by atoms with E-state index in [4.69, 9.17) is 0 Å². The molecule has 1 aliphatic carbocycles. The van der Waals surface area contributed by atoms with Crippen LogP contribution in [0.5, 0.6) is 0 Å². The Morgan fingerprint density at radius 2 is 1.58 bits per heavy atom. The topological polar surface area (TPSA) is 3.24 Å². The van der Waals surface area contributed by atoms with Gasteiger partial charge in [-0.2, -0.15) is 0 Å². The Labute approximate surface area is 140 Å². The van der Waals surface area contributed by atoms with Gasteiger partial charge in [-0.3, -0.25) is 0 Å². The Bertz CT molecular complexity index is 384. The van der Waals surface area contributed by atoms with Crippen molar-refractivity contribution in [3.63, 3.8) is 0 Å². The van der Waals surface area contributed by atoms with Crippen LogP contribution in [-0.2, 0) is 19.4 Å². The SMILES string of the molecule is CCC1(C)C(C)=C(C)C(C)=[C]1[Ti][N]1CCCC1.Cl.Cl. The molecule has 0 spiro atoms. The summed E-state index contributed by atoms with van der Waals surface area (Å²) >= 11 is -0.0517. The van der Waals surface area contributed by atoms with Gasteiger partial charge in [-0.25, -0.2) is 0 Å². The van der Waals surface area contributed by atoms with Gasteiger partial charge in [0.05, 0.1) is 0 Å². The molecule has 110 valence electrons. The molecule has 2 rings (SSSR count). The number of nitrogens with zero attached hydrogens (tertiary/aromatic N) is 1. The van der Waals surface area contributed by atoms with E-state index in [1.54, 1.807) is 16.7 Å². The van der Waals surface area contributed by atoms with Crippen molar-refractivity contribution in [1.82, 2.24) is 3.38 Å². The third-order valence-electron chi connectivity index (χ3n) is 4.96. The third kappa shape index (κ3) is 3.50. The van der Waals surface area contributed by atoms with Gasteiger partial charge in [0.1, 0.15) is 0 Å². The Hall–Kier alpha value is 0.734. The van der Waals surface area contributed by atoms with Gasteiger partial charge in [-0.05, 0) is 0 Å². The fraction of sp³-hybridized carbons (Fsp3) is 0.733. The van der Waals surface area contributed by atoms with E-state index in [2.05, 4.69) is 38.0 Å². The molecule has 1 unspecified atom stereocenters. The second-order valence-corrected chi connectivity index (χ2v) is 7.86. The predicted octanol–water partition coefficient (Wildman–Crippen LogP) is 4.96. The maximum atomic E-state index is 2.76. The van der Waals surface area contributed by atoms with Crippen LogP contribution in [0.3, 0.4) is 0 Å². The van der Waals surface area contributed by atoms with Crippen LogP contribution in [-0.4, -0.2) is 16.5 Å². The van der Waals surface area contributed by atoms with Gasteiger partial charge in [0.25, 0.3) is 0 Å². The Morgan fingerprint density at radius 1 is 1.05 bits per heavy atom. The second kappa shape index (κ2) is 7.66. The average Bonchev–Trinajstić information content (AvgIpc) is 2.89. The molecule has 0 N–H and O–H groups in total. The van der Waals surface area contributed by atoms with E-state index in [1.165, 1.54) is 32.4 Å². The molecule has 1 saturated heterocycles. The number of halogens is 2. The van der Waals surface area contributed by atoms with Crippen molar-refractivity contribution >= 4 is 24.8 Å². The number of allylic oxidation sites excluding steroid dienone is 4. The first kappa shape index (κ1) is 19.7. The summed E-state index contributed by atoms with van der Waals surface area (Å²) < 4.78 is 4.58. The van der Waals surface area contributed by atoms with Crippen molar-refractivity contribution in [1.29, 1.82) is 0 Å². The zero-order valence-corrected chi connectivity index (χ0v) is 16.0. The molecule has 19 heavy (non-hydrogen) atoms. The zero-order chi connectivity index (χ0) is 12.6. The fourth-order valence-electron chi connectivity index (χ4n) is 3.12. The third-order valence-corrected chi connectivity index (χ3v) is 7.95. The summed E-state index contributed by atoms with van der Waals surface area (Å²) in [6.07, 6.45) is 4.11. The molecule has 1 fully saturated rings.